The Bertz CT molecular complexity index is 1020. The second-order valence-corrected chi connectivity index (χ2v) is 6.63. The van der Waals surface area contributed by atoms with Gasteiger partial charge in [-0.1, -0.05) is 34.1 Å². The molecule has 0 aliphatic carbocycles. The predicted octanol–water partition coefficient (Wildman–Crippen LogP) is 3.70. The van der Waals surface area contributed by atoms with Crippen molar-refractivity contribution in [3.63, 3.8) is 0 Å². The Morgan fingerprint density at radius 3 is 2.48 bits per heavy atom. The van der Waals surface area contributed by atoms with Crippen molar-refractivity contribution in [3.05, 3.63) is 75.9 Å². The first-order chi connectivity index (χ1) is 12.9. The molecule has 2 N–H and O–H groups in total. The van der Waals surface area contributed by atoms with Gasteiger partial charge in [0.05, 0.1) is 5.52 Å². The van der Waals surface area contributed by atoms with Crippen LogP contribution in [-0.2, 0) is 11.2 Å². The molecule has 3 rings (SSSR count). The van der Waals surface area contributed by atoms with Gasteiger partial charge in [-0.25, -0.2) is 13.6 Å². The summed E-state index contributed by atoms with van der Waals surface area (Å²) in [4.78, 5) is 28.1. The van der Waals surface area contributed by atoms with E-state index in [1.165, 1.54) is 0 Å². The highest BCUT2D eigenvalue weighted by Crippen LogP contribution is 2.26. The third-order valence-electron chi connectivity index (χ3n) is 4.02. The average Bonchev–Trinajstić information content (AvgIpc) is 2.63. The van der Waals surface area contributed by atoms with E-state index in [0.717, 1.165) is 28.1 Å². The van der Waals surface area contributed by atoms with Crippen LogP contribution in [0.25, 0.3) is 10.9 Å². The van der Waals surface area contributed by atoms with Crippen LogP contribution in [0, 0.1) is 11.6 Å². The van der Waals surface area contributed by atoms with E-state index in [2.05, 4.69) is 26.2 Å². The highest BCUT2D eigenvalue weighted by atomic mass is 79.9. The van der Waals surface area contributed by atoms with Crippen molar-refractivity contribution in [2.24, 2.45) is 0 Å². The molecule has 1 unspecified atom stereocenters. The van der Waals surface area contributed by atoms with Crippen LogP contribution < -0.4 is 5.32 Å². The molecule has 0 aliphatic heterocycles. The maximum atomic E-state index is 13.8. The number of carboxylic acids is 1. The van der Waals surface area contributed by atoms with Crippen LogP contribution in [0.3, 0.4) is 0 Å². The quantitative estimate of drug-likeness (QED) is 0.641. The molecule has 0 radical (unpaired) electrons. The van der Waals surface area contributed by atoms with Gasteiger partial charge in [0, 0.05) is 22.5 Å². The van der Waals surface area contributed by atoms with Crippen LogP contribution in [0.2, 0.25) is 0 Å². The maximum Gasteiger partial charge on any atom is 0.326 e. The second kappa shape index (κ2) is 7.79. The number of amides is 1. The summed E-state index contributed by atoms with van der Waals surface area (Å²) in [5.74, 6) is -4.58. The largest absolute Gasteiger partial charge is 0.480 e. The van der Waals surface area contributed by atoms with Crippen molar-refractivity contribution in [3.8, 4) is 0 Å². The number of carbonyl (C=O) groups excluding carboxylic acids is 1. The van der Waals surface area contributed by atoms with E-state index in [-0.39, 0.29) is 6.42 Å². The Balaban J connectivity index is 1.91. The maximum absolute atomic E-state index is 13.8. The van der Waals surface area contributed by atoms with Crippen molar-refractivity contribution >= 4 is 38.7 Å². The fourth-order valence-electron chi connectivity index (χ4n) is 2.73. The van der Waals surface area contributed by atoms with Gasteiger partial charge < -0.3 is 10.4 Å². The Morgan fingerprint density at radius 1 is 1.11 bits per heavy atom. The van der Waals surface area contributed by atoms with Crippen molar-refractivity contribution < 1.29 is 23.5 Å². The summed E-state index contributed by atoms with van der Waals surface area (Å²) in [6, 6.07) is 8.59. The number of carboxylic acid groups (broad SMARTS) is 1. The van der Waals surface area contributed by atoms with Gasteiger partial charge in [0.25, 0.3) is 5.91 Å². The van der Waals surface area contributed by atoms with E-state index in [9.17, 15) is 23.5 Å². The summed E-state index contributed by atoms with van der Waals surface area (Å²) < 4.78 is 28.3. The first-order valence-corrected chi connectivity index (χ1v) is 8.67. The Hall–Kier alpha value is -2.87. The number of benzene rings is 2. The van der Waals surface area contributed by atoms with Crippen molar-refractivity contribution in [1.29, 1.82) is 0 Å². The molecule has 27 heavy (non-hydrogen) atoms. The molecule has 0 fully saturated rings. The highest BCUT2D eigenvalue weighted by Gasteiger charge is 2.25. The Morgan fingerprint density at radius 2 is 1.81 bits per heavy atom. The van der Waals surface area contributed by atoms with Gasteiger partial charge in [-0.3, -0.25) is 9.78 Å². The van der Waals surface area contributed by atoms with Gasteiger partial charge in [0.1, 0.15) is 23.2 Å². The summed E-state index contributed by atoms with van der Waals surface area (Å²) in [5.41, 5.74) is 0.336. The zero-order valence-corrected chi connectivity index (χ0v) is 15.3. The van der Waals surface area contributed by atoms with Crippen molar-refractivity contribution in [2.45, 2.75) is 12.5 Å². The number of aliphatic carboxylic acids is 1. The molecule has 8 heteroatoms. The highest BCUT2D eigenvalue weighted by molar-refractivity contribution is 9.10. The molecule has 2 aromatic carbocycles. The van der Waals surface area contributed by atoms with Gasteiger partial charge in [0.15, 0.2) is 0 Å². The Kier molecular flexibility index (Phi) is 5.46. The van der Waals surface area contributed by atoms with Gasteiger partial charge in [-0.2, -0.15) is 0 Å². The first kappa shape index (κ1) is 18.9. The molecule has 0 saturated heterocycles. The third-order valence-corrected chi connectivity index (χ3v) is 4.71. The lowest BCUT2D eigenvalue weighted by molar-refractivity contribution is -0.139. The van der Waals surface area contributed by atoms with Gasteiger partial charge in [-0.05, 0) is 29.8 Å². The number of halogens is 3. The summed E-state index contributed by atoms with van der Waals surface area (Å²) >= 11 is 3.40. The average molecular weight is 435 g/mol. The molecule has 1 amide bonds. The van der Waals surface area contributed by atoms with E-state index in [4.69, 9.17) is 0 Å². The number of carbonyl (C=O) groups is 2. The predicted molar refractivity (Wildman–Crippen MR) is 98.4 cm³/mol. The lowest BCUT2D eigenvalue weighted by Gasteiger charge is -2.16. The van der Waals surface area contributed by atoms with E-state index in [1.54, 1.807) is 24.4 Å². The fourth-order valence-corrected chi connectivity index (χ4v) is 3.18. The number of hydrogen-bond acceptors (Lipinski definition) is 3. The SMILES string of the molecule is O=C(NC(Cc1ccc(Br)c2cccnc12)C(=O)O)c1c(F)cccc1F. The van der Waals surface area contributed by atoms with Crippen LogP contribution in [0.15, 0.2) is 53.1 Å². The van der Waals surface area contributed by atoms with E-state index < -0.39 is 35.1 Å². The number of nitrogens with one attached hydrogen (secondary N) is 1. The molecule has 3 aromatic rings. The molecule has 1 aromatic heterocycles. The topological polar surface area (TPSA) is 79.3 Å². The second-order valence-electron chi connectivity index (χ2n) is 5.77. The molecule has 0 aliphatic rings. The van der Waals surface area contributed by atoms with Gasteiger partial charge in [0.2, 0.25) is 0 Å². The van der Waals surface area contributed by atoms with E-state index in [0.29, 0.717) is 11.1 Å². The summed E-state index contributed by atoms with van der Waals surface area (Å²) in [6.45, 7) is 0. The summed E-state index contributed by atoms with van der Waals surface area (Å²) in [5, 5.41) is 12.4. The number of rotatable bonds is 5. The number of hydrogen-bond donors (Lipinski definition) is 2. The zero-order chi connectivity index (χ0) is 19.6. The standard InChI is InChI=1S/C19H13BrF2N2O3/c20-12-7-6-10(17-11(12)3-2-8-23-17)9-15(19(26)27)24-18(25)16-13(21)4-1-5-14(16)22/h1-8,15H,9H2,(H,24,25)(H,26,27). The number of pyridine rings is 1. The van der Waals surface area contributed by atoms with Crippen LogP contribution in [0.5, 0.6) is 0 Å². The normalized spacial score (nSPS) is 12.0. The molecular weight excluding hydrogens is 422 g/mol. The number of aromatic nitrogens is 1. The number of nitrogens with zero attached hydrogens (tertiary/aromatic N) is 1. The molecule has 1 atom stereocenters. The molecule has 138 valence electrons. The minimum absolute atomic E-state index is 0.0993. The molecule has 5 nitrogen and oxygen atoms in total. The van der Waals surface area contributed by atoms with Gasteiger partial charge in [-0.15, -0.1) is 0 Å². The van der Waals surface area contributed by atoms with Gasteiger partial charge >= 0.3 is 5.97 Å². The fraction of sp³-hybridized carbons (Fsp3) is 0.105. The lowest BCUT2D eigenvalue weighted by atomic mass is 10.0. The first-order valence-electron chi connectivity index (χ1n) is 7.88. The summed E-state index contributed by atoms with van der Waals surface area (Å²) in [6.07, 6.45) is 1.47. The van der Waals surface area contributed by atoms with Crippen LogP contribution in [-0.4, -0.2) is 28.0 Å². The zero-order valence-electron chi connectivity index (χ0n) is 13.7. The van der Waals surface area contributed by atoms with E-state index >= 15 is 0 Å². The van der Waals surface area contributed by atoms with Crippen LogP contribution in [0.4, 0.5) is 8.78 Å². The minimum atomic E-state index is -1.39. The van der Waals surface area contributed by atoms with Crippen molar-refractivity contribution in [2.75, 3.05) is 0 Å². The molecule has 1 heterocycles. The third kappa shape index (κ3) is 3.95. The molecule has 0 saturated carbocycles. The Labute approximate surface area is 161 Å². The smallest absolute Gasteiger partial charge is 0.326 e. The van der Waals surface area contributed by atoms with E-state index in [1.807, 2.05) is 6.07 Å². The molecule has 0 bridgehead atoms. The van der Waals surface area contributed by atoms with Crippen LogP contribution >= 0.6 is 15.9 Å². The van der Waals surface area contributed by atoms with Crippen LogP contribution in [0.1, 0.15) is 15.9 Å². The lowest BCUT2D eigenvalue weighted by Crippen LogP contribution is -2.43. The molecule has 0 spiro atoms. The molecular formula is C19H13BrF2N2O3. The monoisotopic (exact) mass is 434 g/mol. The van der Waals surface area contributed by atoms with Crippen molar-refractivity contribution in [1.82, 2.24) is 10.3 Å². The summed E-state index contributed by atoms with van der Waals surface area (Å²) in [7, 11) is 0. The minimum Gasteiger partial charge on any atom is -0.480 e. The number of fused-ring (bicyclic) bond motifs is 1.